The zero-order chi connectivity index (χ0) is 21.2. The maximum absolute atomic E-state index is 13.8. The van der Waals surface area contributed by atoms with Gasteiger partial charge >= 0.3 is 5.97 Å². The average Bonchev–Trinajstić information content (AvgIpc) is 3.11. The van der Waals surface area contributed by atoms with Crippen molar-refractivity contribution in [2.75, 3.05) is 13.1 Å². The number of fused-ring (bicyclic) bond motifs is 2. The number of hydrogen-bond donors (Lipinski definition) is 1. The van der Waals surface area contributed by atoms with Crippen molar-refractivity contribution in [2.24, 2.45) is 0 Å². The van der Waals surface area contributed by atoms with Gasteiger partial charge in [0.15, 0.2) is 11.4 Å². The number of carbonyl (C=O) groups is 2. The van der Waals surface area contributed by atoms with Gasteiger partial charge in [0.05, 0.1) is 21.7 Å². The Kier molecular flexibility index (Phi) is 4.01. The molecule has 1 atom stereocenters. The number of rotatable bonds is 4. The second-order valence-electron chi connectivity index (χ2n) is 8.78. The zero-order valence-corrected chi connectivity index (χ0v) is 18.1. The Morgan fingerprint density at radius 1 is 1.13 bits per heavy atom. The van der Waals surface area contributed by atoms with Crippen LogP contribution in [0.3, 0.4) is 0 Å². The average molecular weight is 431 g/mol. The molecule has 5 nitrogen and oxygen atoms in total. The largest absolute Gasteiger partial charge is 0.449 e. The highest BCUT2D eigenvalue weighted by Crippen LogP contribution is 2.52. The normalized spacial score (nSPS) is 23.1. The number of esters is 1. The summed E-state index contributed by atoms with van der Waals surface area (Å²) in [5.74, 6) is -0.339. The predicted octanol–water partition coefficient (Wildman–Crippen LogP) is 4.39. The van der Waals surface area contributed by atoms with E-state index in [-0.39, 0.29) is 11.8 Å². The van der Waals surface area contributed by atoms with E-state index < -0.39 is 11.0 Å². The Morgan fingerprint density at radius 3 is 2.58 bits per heavy atom. The van der Waals surface area contributed by atoms with Crippen LogP contribution in [0.4, 0.5) is 0 Å². The molecule has 1 N–H and O–H groups in total. The molecule has 2 fully saturated rings. The summed E-state index contributed by atoms with van der Waals surface area (Å²) in [4.78, 5) is 31.1. The quantitative estimate of drug-likeness (QED) is 0.491. The topological polar surface area (TPSA) is 68.3 Å². The van der Waals surface area contributed by atoms with Crippen LogP contribution in [-0.4, -0.2) is 29.8 Å². The van der Waals surface area contributed by atoms with Crippen LogP contribution in [0.25, 0.3) is 11.3 Å². The maximum Gasteiger partial charge on any atom is 0.340 e. The minimum absolute atomic E-state index is 0.0292. The zero-order valence-electron chi connectivity index (χ0n) is 17.2. The van der Waals surface area contributed by atoms with Gasteiger partial charge in [0, 0.05) is 35.0 Å². The van der Waals surface area contributed by atoms with Crippen molar-refractivity contribution in [1.82, 2.24) is 10.3 Å². The Morgan fingerprint density at radius 2 is 1.94 bits per heavy atom. The third-order valence-electron chi connectivity index (χ3n) is 6.95. The summed E-state index contributed by atoms with van der Waals surface area (Å²) in [7, 11) is 0. The van der Waals surface area contributed by atoms with Gasteiger partial charge in [-0.25, -0.2) is 9.78 Å². The van der Waals surface area contributed by atoms with Crippen LogP contribution in [0, 0.1) is 6.92 Å². The third-order valence-corrected chi connectivity index (χ3v) is 7.72. The fraction of sp³-hybridized carbons (Fsp3) is 0.320. The van der Waals surface area contributed by atoms with Crippen molar-refractivity contribution in [2.45, 2.75) is 37.2 Å². The fourth-order valence-corrected chi connectivity index (χ4v) is 5.72. The number of benzene rings is 2. The Balaban J connectivity index is 1.36. The van der Waals surface area contributed by atoms with E-state index in [1.54, 1.807) is 17.4 Å². The first-order chi connectivity index (χ1) is 15.0. The van der Waals surface area contributed by atoms with Crippen LogP contribution >= 0.6 is 11.3 Å². The summed E-state index contributed by atoms with van der Waals surface area (Å²) in [6.07, 6.45) is 2.34. The number of nitrogens with zero attached hydrogens (tertiary/aromatic N) is 1. The number of Topliss-reactive ketones (excluding diaryl/α,β-unsaturated/α-hetero) is 1. The van der Waals surface area contributed by atoms with Crippen LogP contribution in [0.5, 0.6) is 0 Å². The SMILES string of the molecule is Cc1nc(-c2ccc(C3(C(=O)c4cccc5c4C(=O)OC54CCNC4)CC3)cc2)cs1. The molecule has 2 aliphatic heterocycles. The molecule has 156 valence electrons. The highest BCUT2D eigenvalue weighted by atomic mass is 32.1. The minimum atomic E-state index is -0.618. The van der Waals surface area contributed by atoms with Gasteiger partial charge in [-0.3, -0.25) is 4.79 Å². The Bertz CT molecular complexity index is 1220. The number of hydrogen-bond acceptors (Lipinski definition) is 6. The van der Waals surface area contributed by atoms with Gasteiger partial charge in [0.1, 0.15) is 0 Å². The lowest BCUT2D eigenvalue weighted by molar-refractivity contribution is 0.00158. The lowest BCUT2D eigenvalue weighted by atomic mass is 9.82. The van der Waals surface area contributed by atoms with Crippen molar-refractivity contribution in [3.05, 3.63) is 75.1 Å². The van der Waals surface area contributed by atoms with E-state index in [0.29, 0.717) is 17.7 Å². The van der Waals surface area contributed by atoms with Gasteiger partial charge in [0.25, 0.3) is 0 Å². The smallest absolute Gasteiger partial charge is 0.340 e. The molecule has 1 saturated carbocycles. The van der Waals surface area contributed by atoms with E-state index in [1.807, 2.05) is 43.3 Å². The van der Waals surface area contributed by atoms with Crippen molar-refractivity contribution in [3.8, 4) is 11.3 Å². The first-order valence-corrected chi connectivity index (χ1v) is 11.6. The van der Waals surface area contributed by atoms with E-state index in [2.05, 4.69) is 15.7 Å². The highest BCUT2D eigenvalue weighted by Gasteiger charge is 2.54. The predicted molar refractivity (Wildman–Crippen MR) is 119 cm³/mol. The first kappa shape index (κ1) is 18.9. The number of thiazole rings is 1. The summed E-state index contributed by atoms with van der Waals surface area (Å²) in [6, 6.07) is 13.8. The fourth-order valence-electron chi connectivity index (χ4n) is 5.10. The van der Waals surface area contributed by atoms with Crippen LogP contribution in [0.2, 0.25) is 0 Å². The molecule has 1 aliphatic carbocycles. The van der Waals surface area contributed by atoms with Crippen molar-refractivity contribution in [3.63, 3.8) is 0 Å². The molecular formula is C25H22N2O3S. The van der Waals surface area contributed by atoms with E-state index in [4.69, 9.17) is 4.74 Å². The minimum Gasteiger partial charge on any atom is -0.449 e. The number of nitrogens with one attached hydrogen (secondary N) is 1. The highest BCUT2D eigenvalue weighted by molar-refractivity contribution is 7.09. The summed E-state index contributed by atoms with van der Waals surface area (Å²) >= 11 is 1.63. The summed E-state index contributed by atoms with van der Waals surface area (Å²) < 4.78 is 5.82. The van der Waals surface area contributed by atoms with Gasteiger partial charge < -0.3 is 10.1 Å². The first-order valence-electron chi connectivity index (χ1n) is 10.7. The molecule has 31 heavy (non-hydrogen) atoms. The molecule has 0 bridgehead atoms. The van der Waals surface area contributed by atoms with Crippen molar-refractivity contribution < 1.29 is 14.3 Å². The molecule has 1 spiro atoms. The number of aromatic nitrogens is 1. The van der Waals surface area contributed by atoms with Gasteiger partial charge in [-0.2, -0.15) is 0 Å². The van der Waals surface area contributed by atoms with Crippen LogP contribution in [0.1, 0.15) is 56.1 Å². The Hall–Kier alpha value is -2.83. The van der Waals surface area contributed by atoms with Gasteiger partial charge in [-0.1, -0.05) is 42.5 Å². The summed E-state index contributed by atoms with van der Waals surface area (Å²) in [5.41, 5.74) is 3.69. The van der Waals surface area contributed by atoms with Gasteiger partial charge in [0.2, 0.25) is 0 Å². The molecule has 6 rings (SSSR count). The van der Waals surface area contributed by atoms with Gasteiger partial charge in [-0.15, -0.1) is 11.3 Å². The van der Waals surface area contributed by atoms with Crippen LogP contribution in [-0.2, 0) is 15.8 Å². The monoisotopic (exact) mass is 430 g/mol. The molecule has 3 aliphatic rings. The molecule has 6 heteroatoms. The van der Waals surface area contributed by atoms with Gasteiger partial charge in [-0.05, 0) is 31.9 Å². The molecule has 1 unspecified atom stereocenters. The molecule has 1 aromatic heterocycles. The lowest BCUT2D eigenvalue weighted by Crippen LogP contribution is -2.28. The molecule has 0 radical (unpaired) electrons. The van der Waals surface area contributed by atoms with Crippen molar-refractivity contribution in [1.29, 1.82) is 0 Å². The van der Waals surface area contributed by atoms with Crippen LogP contribution in [0.15, 0.2) is 47.8 Å². The van der Waals surface area contributed by atoms with E-state index in [1.165, 1.54) is 0 Å². The standard InChI is InChI=1S/C25H22N2O3S/c1-15-27-20(13-31-15)16-5-7-17(8-6-16)24(9-10-24)22(28)18-3-2-4-19-21(18)23(29)30-25(19)11-12-26-14-25/h2-8,13,26H,9-12,14H2,1H3. The number of ether oxygens (including phenoxy) is 1. The molecule has 2 aromatic carbocycles. The number of aryl methyl sites for hydroxylation is 1. The number of ketones is 1. The lowest BCUT2D eigenvalue weighted by Gasteiger charge is -2.22. The molecule has 1 saturated heterocycles. The molecule has 0 amide bonds. The molecule has 3 heterocycles. The number of carbonyl (C=O) groups excluding carboxylic acids is 2. The molecular weight excluding hydrogens is 408 g/mol. The van der Waals surface area contributed by atoms with Crippen molar-refractivity contribution >= 4 is 23.1 Å². The van der Waals surface area contributed by atoms with E-state index in [9.17, 15) is 9.59 Å². The Labute approximate surface area is 184 Å². The van der Waals surface area contributed by atoms with Crippen LogP contribution < -0.4 is 5.32 Å². The maximum atomic E-state index is 13.8. The second kappa shape index (κ2) is 6.58. The summed E-state index contributed by atoms with van der Waals surface area (Å²) in [6.45, 7) is 3.40. The third kappa shape index (κ3) is 2.75. The summed E-state index contributed by atoms with van der Waals surface area (Å²) in [5, 5.41) is 6.37. The second-order valence-corrected chi connectivity index (χ2v) is 9.84. The van der Waals surface area contributed by atoms with E-state index in [0.717, 1.165) is 53.2 Å². The molecule has 3 aromatic rings. The van der Waals surface area contributed by atoms with E-state index >= 15 is 0 Å².